The number of pyridine rings is 1. The number of fused-ring (bicyclic) bond motifs is 1. The third-order valence-electron chi connectivity index (χ3n) is 4.49. The number of rotatable bonds is 4. The summed E-state index contributed by atoms with van der Waals surface area (Å²) in [6, 6.07) is 18.8. The minimum Gasteiger partial charge on any atom is -0.487 e. The van der Waals surface area contributed by atoms with Gasteiger partial charge in [0.1, 0.15) is 24.4 Å². The van der Waals surface area contributed by atoms with Crippen LogP contribution in [0.4, 0.5) is 5.69 Å². The first kappa shape index (κ1) is 19.0. The Hall–Kier alpha value is -3.34. The second-order valence-corrected chi connectivity index (χ2v) is 7.03. The summed E-state index contributed by atoms with van der Waals surface area (Å²) in [6.45, 7) is 2.03. The fraction of sp³-hybridized carbons (Fsp3) is 0.190. The van der Waals surface area contributed by atoms with E-state index in [9.17, 15) is 10.1 Å². The largest absolute Gasteiger partial charge is 0.487 e. The van der Waals surface area contributed by atoms with E-state index in [1.54, 1.807) is 12.1 Å². The van der Waals surface area contributed by atoms with Crippen LogP contribution < -0.4 is 15.2 Å². The SMILES string of the molecule is Cc1ccc2cccc(OCc3ccccc3N3NCC(=O)OC3(Cl)C#N)c2n1. The van der Waals surface area contributed by atoms with Gasteiger partial charge in [0.2, 0.25) is 0 Å². The maximum Gasteiger partial charge on any atom is 0.368 e. The van der Waals surface area contributed by atoms with Gasteiger partial charge >= 0.3 is 11.2 Å². The van der Waals surface area contributed by atoms with E-state index >= 15 is 0 Å². The number of hydrogen-bond donors (Lipinski definition) is 1. The first-order valence-electron chi connectivity index (χ1n) is 8.93. The van der Waals surface area contributed by atoms with Gasteiger partial charge < -0.3 is 9.47 Å². The highest BCUT2D eigenvalue weighted by Crippen LogP contribution is 2.33. The Morgan fingerprint density at radius 1 is 1.28 bits per heavy atom. The second kappa shape index (κ2) is 7.59. The number of nitrogens with zero attached hydrogens (tertiary/aromatic N) is 3. The molecule has 1 saturated heterocycles. The molecule has 0 saturated carbocycles. The van der Waals surface area contributed by atoms with E-state index in [-0.39, 0.29) is 13.2 Å². The Balaban J connectivity index is 1.64. The third-order valence-corrected chi connectivity index (χ3v) is 4.82. The summed E-state index contributed by atoms with van der Waals surface area (Å²) >= 11 is 6.25. The molecule has 4 rings (SSSR count). The van der Waals surface area contributed by atoms with Gasteiger partial charge in [-0.1, -0.05) is 36.4 Å². The van der Waals surface area contributed by atoms with Crippen LogP contribution in [-0.2, 0) is 16.1 Å². The summed E-state index contributed by atoms with van der Waals surface area (Å²) in [6.07, 6.45) is 0. The lowest BCUT2D eigenvalue weighted by Gasteiger charge is -2.38. The summed E-state index contributed by atoms with van der Waals surface area (Å²) in [5.41, 5.74) is 5.84. The third kappa shape index (κ3) is 3.68. The number of carbonyl (C=O) groups is 1. The number of cyclic esters (lactones) is 1. The highest BCUT2D eigenvalue weighted by atomic mass is 35.5. The molecule has 1 fully saturated rings. The molecule has 29 heavy (non-hydrogen) atoms. The Bertz CT molecular complexity index is 1130. The van der Waals surface area contributed by atoms with Crippen molar-refractivity contribution in [2.75, 3.05) is 11.6 Å². The Morgan fingerprint density at radius 3 is 2.93 bits per heavy atom. The number of nitrogens with one attached hydrogen (secondary N) is 1. The van der Waals surface area contributed by atoms with Crippen LogP contribution in [0.2, 0.25) is 0 Å². The van der Waals surface area contributed by atoms with Gasteiger partial charge in [0.05, 0.1) is 5.69 Å². The minimum absolute atomic E-state index is 0.0993. The first-order chi connectivity index (χ1) is 14.0. The molecule has 3 aromatic rings. The maximum absolute atomic E-state index is 11.6. The predicted molar refractivity (Wildman–Crippen MR) is 108 cm³/mol. The number of benzene rings is 2. The number of hydrazine groups is 1. The number of aromatic nitrogens is 1. The van der Waals surface area contributed by atoms with Crippen LogP contribution in [0, 0.1) is 18.3 Å². The summed E-state index contributed by atoms with van der Waals surface area (Å²) in [7, 11) is 0. The fourth-order valence-electron chi connectivity index (χ4n) is 3.13. The van der Waals surface area contributed by atoms with E-state index < -0.39 is 11.2 Å². The number of alkyl halides is 1. The lowest BCUT2D eigenvalue weighted by atomic mass is 10.1. The average Bonchev–Trinajstić information content (AvgIpc) is 2.72. The molecule has 146 valence electrons. The van der Waals surface area contributed by atoms with Gasteiger partial charge in [0, 0.05) is 16.6 Å². The van der Waals surface area contributed by atoms with E-state index in [0.29, 0.717) is 11.4 Å². The van der Waals surface area contributed by atoms with Gasteiger partial charge in [0.25, 0.3) is 0 Å². The smallest absolute Gasteiger partial charge is 0.368 e. The lowest BCUT2D eigenvalue weighted by molar-refractivity contribution is -0.152. The molecule has 1 unspecified atom stereocenters. The minimum atomic E-state index is -1.98. The van der Waals surface area contributed by atoms with Crippen LogP contribution in [-0.4, -0.2) is 22.7 Å². The van der Waals surface area contributed by atoms with Crippen molar-refractivity contribution < 1.29 is 14.3 Å². The van der Waals surface area contributed by atoms with Gasteiger partial charge in [-0.3, -0.25) is 4.79 Å². The number of nitriles is 1. The van der Waals surface area contributed by atoms with Crippen molar-refractivity contribution in [3.8, 4) is 11.8 Å². The van der Waals surface area contributed by atoms with Crippen molar-refractivity contribution >= 4 is 34.2 Å². The van der Waals surface area contributed by atoms with Crippen molar-refractivity contribution in [3.63, 3.8) is 0 Å². The Morgan fingerprint density at radius 2 is 2.10 bits per heavy atom. The van der Waals surface area contributed by atoms with Crippen LogP contribution in [0.15, 0.2) is 54.6 Å². The second-order valence-electron chi connectivity index (χ2n) is 6.52. The molecule has 2 aromatic carbocycles. The number of carbonyl (C=O) groups excluding carboxylic acids is 1. The molecule has 8 heteroatoms. The molecular formula is C21H17ClN4O3. The fourth-order valence-corrected chi connectivity index (χ4v) is 3.37. The highest BCUT2D eigenvalue weighted by Gasteiger charge is 2.44. The van der Waals surface area contributed by atoms with E-state index in [4.69, 9.17) is 21.1 Å². The predicted octanol–water partition coefficient (Wildman–Crippen LogP) is 3.41. The number of ether oxygens (including phenoxy) is 2. The van der Waals surface area contributed by atoms with Gasteiger partial charge in [0.15, 0.2) is 6.07 Å². The standard InChI is InChI=1S/C21H17ClN4O3/c1-14-9-10-15-6-4-8-18(20(15)25-14)28-12-16-5-2-3-7-17(16)26-21(22,13-23)29-19(27)11-24-26/h2-10,24H,11-12H2,1H3. The van der Waals surface area contributed by atoms with Crippen molar-refractivity contribution in [2.45, 2.75) is 18.7 Å². The maximum atomic E-state index is 11.6. The van der Waals surface area contributed by atoms with Crippen LogP contribution in [0.25, 0.3) is 10.9 Å². The Labute approximate surface area is 172 Å². The monoisotopic (exact) mass is 408 g/mol. The summed E-state index contributed by atoms with van der Waals surface area (Å²) in [4.78, 5) is 16.2. The van der Waals surface area contributed by atoms with Crippen LogP contribution in [0.5, 0.6) is 5.75 Å². The molecule has 1 N–H and O–H groups in total. The molecule has 0 spiro atoms. The number of para-hydroxylation sites is 2. The van der Waals surface area contributed by atoms with E-state index in [0.717, 1.165) is 22.2 Å². The summed E-state index contributed by atoms with van der Waals surface area (Å²) in [5.74, 6) is 0.0418. The molecular weight excluding hydrogens is 392 g/mol. The van der Waals surface area contributed by atoms with Crippen LogP contribution in [0.1, 0.15) is 11.3 Å². The normalized spacial score (nSPS) is 18.9. The summed E-state index contributed by atoms with van der Waals surface area (Å²) < 4.78 is 11.1. The number of esters is 1. The zero-order valence-corrected chi connectivity index (χ0v) is 16.3. The van der Waals surface area contributed by atoms with Crippen molar-refractivity contribution in [1.82, 2.24) is 10.4 Å². The first-order valence-corrected chi connectivity index (χ1v) is 9.31. The van der Waals surface area contributed by atoms with Gasteiger partial charge in [-0.2, -0.15) is 5.26 Å². The topological polar surface area (TPSA) is 87.5 Å². The zero-order valence-electron chi connectivity index (χ0n) is 15.6. The van der Waals surface area contributed by atoms with Crippen LogP contribution in [0.3, 0.4) is 0 Å². The molecule has 1 aliphatic rings. The van der Waals surface area contributed by atoms with E-state index in [1.807, 2.05) is 55.5 Å². The molecule has 0 radical (unpaired) electrons. The van der Waals surface area contributed by atoms with Crippen LogP contribution >= 0.6 is 11.6 Å². The number of aryl methyl sites for hydroxylation is 1. The molecule has 2 heterocycles. The lowest BCUT2D eigenvalue weighted by Crippen LogP contribution is -2.61. The summed E-state index contributed by atoms with van der Waals surface area (Å²) in [5, 5.41) is 9.80. The quantitative estimate of drug-likeness (QED) is 0.402. The molecule has 1 atom stereocenters. The van der Waals surface area contributed by atoms with Gasteiger partial charge in [-0.15, -0.1) is 0 Å². The Kier molecular flexibility index (Phi) is 4.97. The zero-order chi connectivity index (χ0) is 20.4. The van der Waals surface area contributed by atoms with Crippen molar-refractivity contribution in [3.05, 3.63) is 65.9 Å². The molecule has 1 aromatic heterocycles. The van der Waals surface area contributed by atoms with Crippen molar-refractivity contribution in [1.29, 1.82) is 5.26 Å². The van der Waals surface area contributed by atoms with Gasteiger partial charge in [-0.25, -0.2) is 15.4 Å². The molecule has 0 aliphatic carbocycles. The molecule has 7 nitrogen and oxygen atoms in total. The number of hydrogen-bond acceptors (Lipinski definition) is 7. The number of anilines is 1. The average molecular weight is 409 g/mol. The van der Waals surface area contributed by atoms with E-state index in [1.165, 1.54) is 5.01 Å². The highest BCUT2D eigenvalue weighted by molar-refractivity contribution is 6.27. The molecule has 0 amide bonds. The molecule has 0 bridgehead atoms. The van der Waals surface area contributed by atoms with Crippen molar-refractivity contribution in [2.24, 2.45) is 0 Å². The van der Waals surface area contributed by atoms with Gasteiger partial charge in [-0.05, 0) is 36.7 Å². The molecule has 1 aliphatic heterocycles. The number of halogens is 1. The van der Waals surface area contributed by atoms with E-state index in [2.05, 4.69) is 10.4 Å².